The predicted molar refractivity (Wildman–Crippen MR) is 201 cm³/mol. The zero-order chi connectivity index (χ0) is 44.3. The topological polar surface area (TPSA) is 341 Å². The van der Waals surface area contributed by atoms with E-state index in [0.717, 1.165) is 16.2 Å². The molecule has 342 valence electrons. The van der Waals surface area contributed by atoms with Crippen molar-refractivity contribution in [2.24, 2.45) is 0 Å². The lowest BCUT2D eigenvalue weighted by Crippen LogP contribution is -2.42. The average Bonchev–Trinajstić information content (AvgIpc) is 3.54. The van der Waals surface area contributed by atoms with Crippen molar-refractivity contribution in [1.82, 2.24) is 9.13 Å². The Balaban J connectivity index is 2.09. The summed E-state index contributed by atoms with van der Waals surface area (Å²) in [7, 11) is -21.1. The number of unbranched alkanes of at least 4 members (excludes halogenated alkanes) is 2. The first kappa shape index (κ1) is 53.8. The maximum Gasteiger partial charge on any atom is 0.472 e. The molecule has 1 saturated heterocycles. The van der Waals surface area contributed by atoms with Gasteiger partial charge in [0.15, 0.2) is 0 Å². The Morgan fingerprint density at radius 2 is 1.20 bits per heavy atom. The third kappa shape index (κ3) is 21.1. The minimum Gasteiger partial charge on any atom is -0.382 e. The van der Waals surface area contributed by atoms with Crippen molar-refractivity contribution in [2.75, 3.05) is 73.7 Å². The second-order valence-electron chi connectivity index (χ2n) is 12.0. The van der Waals surface area contributed by atoms with E-state index in [9.17, 15) is 52.0 Å². The van der Waals surface area contributed by atoms with Crippen LogP contribution in [0.1, 0.15) is 50.3 Å². The number of terminal acetylenes is 1. The molecule has 26 nitrogen and oxygen atoms in total. The smallest absolute Gasteiger partial charge is 0.382 e. The zero-order valence-electron chi connectivity index (χ0n) is 32.3. The number of phosphoric ester groups is 5. The highest BCUT2D eigenvalue weighted by Crippen LogP contribution is 2.50. The SMILES string of the molecule is C#CCCCCn1c(=O)c(C)cn(C2CC(OP(=O)(O)OCCCOP(=O)(O)OCCOP(=O)(O)OC)C(COP(=O)(O)OCCCOP(=O)(O)OCCOC)O2)c1=O. The summed E-state index contributed by atoms with van der Waals surface area (Å²) in [5, 5.41) is 0. The van der Waals surface area contributed by atoms with Gasteiger partial charge in [-0.25, -0.2) is 27.6 Å². The molecule has 8 atom stereocenters. The van der Waals surface area contributed by atoms with Crippen LogP contribution in [0.15, 0.2) is 15.8 Å². The minimum absolute atomic E-state index is 0.0178. The van der Waals surface area contributed by atoms with Gasteiger partial charge in [-0.05, 0) is 32.6 Å². The highest BCUT2D eigenvalue weighted by atomic mass is 31.2. The van der Waals surface area contributed by atoms with Gasteiger partial charge in [0.1, 0.15) is 18.4 Å². The molecule has 0 radical (unpaired) electrons. The van der Waals surface area contributed by atoms with E-state index in [4.69, 9.17) is 47.9 Å². The summed E-state index contributed by atoms with van der Waals surface area (Å²) in [6.07, 6.45) is 2.85. The van der Waals surface area contributed by atoms with Crippen molar-refractivity contribution < 1.29 is 102 Å². The minimum atomic E-state index is -5.02. The number of hydrogen-bond acceptors (Lipinski definition) is 19. The van der Waals surface area contributed by atoms with Crippen LogP contribution in [0.25, 0.3) is 0 Å². The quantitative estimate of drug-likeness (QED) is 0.0393. The predicted octanol–water partition coefficient (Wildman–Crippen LogP) is 2.50. The second-order valence-corrected chi connectivity index (χ2v) is 19.3. The van der Waals surface area contributed by atoms with Gasteiger partial charge >= 0.3 is 44.8 Å². The van der Waals surface area contributed by atoms with Gasteiger partial charge < -0.3 is 33.9 Å². The van der Waals surface area contributed by atoms with Gasteiger partial charge in [0.2, 0.25) is 0 Å². The van der Waals surface area contributed by atoms with E-state index in [1.807, 2.05) is 0 Å². The monoisotopic (exact) mass is 954 g/mol. The van der Waals surface area contributed by atoms with Gasteiger partial charge in [0.25, 0.3) is 5.56 Å². The first-order valence-corrected chi connectivity index (χ1v) is 25.0. The van der Waals surface area contributed by atoms with Gasteiger partial charge in [0.05, 0.1) is 59.5 Å². The number of aryl methyl sites for hydroxylation is 1. The first-order chi connectivity index (χ1) is 27.6. The second kappa shape index (κ2) is 25.7. The maximum absolute atomic E-state index is 13.5. The number of aromatic nitrogens is 2. The number of ether oxygens (including phenoxy) is 2. The van der Waals surface area contributed by atoms with E-state index in [-0.39, 0.29) is 44.6 Å². The maximum atomic E-state index is 13.5. The summed E-state index contributed by atoms with van der Waals surface area (Å²) in [4.78, 5) is 75.6. The van der Waals surface area contributed by atoms with Crippen LogP contribution in [0.2, 0.25) is 0 Å². The Bertz CT molecular complexity index is 1870. The van der Waals surface area contributed by atoms with E-state index >= 15 is 0 Å². The van der Waals surface area contributed by atoms with Crippen LogP contribution in [0.5, 0.6) is 0 Å². The van der Waals surface area contributed by atoms with E-state index in [2.05, 4.69) is 24.0 Å². The van der Waals surface area contributed by atoms with Crippen molar-refractivity contribution in [3.05, 3.63) is 32.6 Å². The lowest BCUT2D eigenvalue weighted by molar-refractivity contribution is -0.0474. The summed E-state index contributed by atoms with van der Waals surface area (Å²) in [6.45, 7) is -2.86. The Morgan fingerprint density at radius 3 is 1.73 bits per heavy atom. The molecule has 1 aliphatic rings. The third-order valence-electron chi connectivity index (χ3n) is 7.44. The van der Waals surface area contributed by atoms with Gasteiger partial charge in [-0.2, -0.15) is 0 Å². The molecule has 1 aliphatic heterocycles. The average molecular weight is 955 g/mol. The fraction of sp³-hybridized carbons (Fsp3) is 0.786. The molecule has 0 bridgehead atoms. The summed E-state index contributed by atoms with van der Waals surface area (Å²) >= 11 is 0. The highest BCUT2D eigenvalue weighted by molar-refractivity contribution is 7.48. The molecule has 0 aliphatic carbocycles. The van der Waals surface area contributed by atoms with Gasteiger partial charge in [0, 0.05) is 45.4 Å². The molecule has 0 spiro atoms. The van der Waals surface area contributed by atoms with Gasteiger partial charge in [-0.15, -0.1) is 12.3 Å². The molecule has 8 unspecified atom stereocenters. The molecule has 1 aromatic heterocycles. The van der Waals surface area contributed by atoms with Crippen LogP contribution in [0.3, 0.4) is 0 Å². The largest absolute Gasteiger partial charge is 0.472 e. The van der Waals surface area contributed by atoms with Crippen LogP contribution >= 0.6 is 39.1 Å². The normalized spacial score (nSPS) is 22.1. The molecule has 31 heteroatoms. The van der Waals surface area contributed by atoms with Crippen molar-refractivity contribution >= 4 is 39.1 Å². The third-order valence-corrected chi connectivity index (χ3v) is 12.5. The van der Waals surface area contributed by atoms with Crippen LogP contribution in [0.4, 0.5) is 0 Å². The van der Waals surface area contributed by atoms with Gasteiger partial charge in [-0.3, -0.25) is 59.2 Å². The van der Waals surface area contributed by atoms with Crippen molar-refractivity contribution in [2.45, 2.75) is 70.4 Å². The fourth-order valence-corrected chi connectivity index (χ4v) is 8.35. The van der Waals surface area contributed by atoms with Crippen molar-refractivity contribution in [1.29, 1.82) is 0 Å². The molecule has 1 fully saturated rings. The number of nitrogens with zero attached hydrogens (tertiary/aromatic N) is 2. The van der Waals surface area contributed by atoms with Crippen LogP contribution in [0, 0.1) is 19.3 Å². The van der Waals surface area contributed by atoms with E-state index in [1.54, 1.807) is 0 Å². The summed E-state index contributed by atoms with van der Waals surface area (Å²) in [5.41, 5.74) is -1.23. The molecule has 2 rings (SSSR count). The zero-order valence-corrected chi connectivity index (χ0v) is 36.8. The molecular formula is C28H51N2O24P5. The number of phosphoric acid groups is 5. The van der Waals surface area contributed by atoms with E-state index in [1.165, 1.54) is 20.2 Å². The Kier molecular flexibility index (Phi) is 23.5. The lowest BCUT2D eigenvalue weighted by atomic mass is 10.2. The Morgan fingerprint density at radius 1 is 0.712 bits per heavy atom. The summed E-state index contributed by atoms with van der Waals surface area (Å²) in [6, 6.07) is 0. The number of methoxy groups -OCH3 is 1. The molecular weight excluding hydrogens is 903 g/mol. The highest BCUT2D eigenvalue weighted by Gasteiger charge is 2.43. The van der Waals surface area contributed by atoms with Gasteiger partial charge in [-0.1, -0.05) is 0 Å². The molecule has 2 heterocycles. The lowest BCUT2D eigenvalue weighted by Gasteiger charge is -2.22. The Hall–Kier alpha value is -1.29. The van der Waals surface area contributed by atoms with Crippen LogP contribution in [-0.4, -0.2) is 119 Å². The first-order valence-electron chi connectivity index (χ1n) is 17.5. The summed E-state index contributed by atoms with van der Waals surface area (Å²) in [5.74, 6) is 2.47. The van der Waals surface area contributed by atoms with Crippen molar-refractivity contribution in [3.63, 3.8) is 0 Å². The van der Waals surface area contributed by atoms with Crippen LogP contribution in [-0.2, 0) is 84.1 Å². The molecule has 1 aromatic rings. The molecule has 59 heavy (non-hydrogen) atoms. The molecule has 0 amide bonds. The fourth-order valence-electron chi connectivity index (χ4n) is 4.70. The standard InChI is InChI=1S/C28H51N2O24P5/c1-5-6-7-8-11-29-27(31)23(2)21-30(28(29)32)26-20-24(25(53-26)22-52-58(39,40)47-14-9-12-45-56(35,36)50-17-16-43-3)54-59(41,42)48-15-10-13-46-57(37,38)51-19-18-49-55(33,34)44-4/h1,21,24-26H,6-20,22H2,2-4H3,(H,33,34)(H,35,36)(H,37,38)(H,39,40)(H,41,42). The Labute approximate surface area is 338 Å². The molecule has 0 saturated carbocycles. The van der Waals surface area contributed by atoms with Crippen LogP contribution < -0.4 is 11.2 Å². The molecule has 0 aromatic carbocycles. The van der Waals surface area contributed by atoms with Crippen molar-refractivity contribution in [3.8, 4) is 12.3 Å². The number of rotatable bonds is 32. The summed E-state index contributed by atoms with van der Waals surface area (Å²) < 4.78 is 121. The van der Waals surface area contributed by atoms with E-state index in [0.29, 0.717) is 19.3 Å². The number of hydrogen-bond donors (Lipinski definition) is 5. The molecule has 5 N–H and O–H groups in total. The van der Waals surface area contributed by atoms with E-state index < -0.39 is 115 Å².